The number of nitrogens with zero attached hydrogens (tertiary/aromatic N) is 1. The van der Waals surface area contributed by atoms with Gasteiger partial charge in [0.2, 0.25) is 0 Å². The van der Waals surface area contributed by atoms with E-state index in [1.807, 2.05) is 6.92 Å². The van der Waals surface area contributed by atoms with E-state index in [2.05, 4.69) is 33.0 Å². The average molecular weight is 307 g/mol. The lowest BCUT2D eigenvalue weighted by atomic mass is 9.80. The van der Waals surface area contributed by atoms with Gasteiger partial charge in [0.05, 0.1) is 0 Å². The van der Waals surface area contributed by atoms with E-state index in [9.17, 15) is 9.59 Å². The second kappa shape index (κ2) is 5.77. The van der Waals surface area contributed by atoms with Gasteiger partial charge in [0, 0.05) is 23.9 Å². The van der Waals surface area contributed by atoms with Gasteiger partial charge in [-0.15, -0.1) is 11.3 Å². The van der Waals surface area contributed by atoms with Gasteiger partial charge in [0.15, 0.2) is 0 Å². The summed E-state index contributed by atoms with van der Waals surface area (Å²) in [5.41, 5.74) is -0.751. The fourth-order valence-corrected chi connectivity index (χ4v) is 4.00. The summed E-state index contributed by atoms with van der Waals surface area (Å²) in [7, 11) is 0. The van der Waals surface area contributed by atoms with Crippen molar-refractivity contribution in [2.75, 3.05) is 19.6 Å². The van der Waals surface area contributed by atoms with Crippen LogP contribution in [0, 0.1) is 5.92 Å². The Bertz CT molecular complexity index is 531. The zero-order valence-electron chi connectivity index (χ0n) is 12.2. The van der Waals surface area contributed by atoms with Gasteiger partial charge in [-0.25, -0.2) is 4.79 Å². The highest BCUT2D eigenvalue weighted by molar-refractivity contribution is 7.09. The largest absolute Gasteiger partial charge is 0.323 e. The first-order valence-corrected chi connectivity index (χ1v) is 8.34. The molecule has 0 aromatic carbocycles. The van der Waals surface area contributed by atoms with Crippen molar-refractivity contribution in [1.29, 1.82) is 0 Å². The first-order chi connectivity index (χ1) is 10.1. The molecule has 2 fully saturated rings. The molecule has 2 N–H and O–H groups in total. The Labute approximate surface area is 128 Å². The van der Waals surface area contributed by atoms with Crippen molar-refractivity contribution >= 4 is 23.3 Å². The highest BCUT2D eigenvalue weighted by atomic mass is 32.1. The zero-order chi connectivity index (χ0) is 14.9. The Balaban J connectivity index is 1.60. The molecule has 21 heavy (non-hydrogen) atoms. The SMILES string of the molecule is C[C@]1([C@H]2CCCN(CCc3cccs3)C2)NC(=O)NC1=O. The summed E-state index contributed by atoms with van der Waals surface area (Å²) in [6, 6.07) is 3.88. The Morgan fingerprint density at radius 1 is 1.48 bits per heavy atom. The second-order valence-corrected chi connectivity index (χ2v) is 7.11. The number of carbonyl (C=O) groups excluding carboxylic acids is 2. The molecule has 0 bridgehead atoms. The summed E-state index contributed by atoms with van der Waals surface area (Å²) < 4.78 is 0. The minimum Gasteiger partial charge on any atom is -0.323 e. The van der Waals surface area contributed by atoms with Crippen LogP contribution in [0.4, 0.5) is 4.79 Å². The molecule has 5 nitrogen and oxygen atoms in total. The molecule has 0 saturated carbocycles. The topological polar surface area (TPSA) is 61.4 Å². The molecule has 3 amide bonds. The molecule has 0 radical (unpaired) electrons. The number of amides is 3. The predicted molar refractivity (Wildman–Crippen MR) is 82.3 cm³/mol. The van der Waals surface area contributed by atoms with Crippen molar-refractivity contribution in [3.63, 3.8) is 0 Å². The van der Waals surface area contributed by atoms with Crippen LogP contribution in [-0.4, -0.2) is 42.0 Å². The fraction of sp³-hybridized carbons (Fsp3) is 0.600. The van der Waals surface area contributed by atoms with E-state index in [1.165, 1.54) is 4.88 Å². The van der Waals surface area contributed by atoms with E-state index in [0.29, 0.717) is 0 Å². The molecule has 2 aliphatic rings. The molecule has 0 spiro atoms. The highest BCUT2D eigenvalue weighted by Gasteiger charge is 2.48. The van der Waals surface area contributed by atoms with Crippen molar-refractivity contribution < 1.29 is 9.59 Å². The summed E-state index contributed by atoms with van der Waals surface area (Å²) in [5, 5.41) is 7.29. The van der Waals surface area contributed by atoms with Crippen LogP contribution in [0.15, 0.2) is 17.5 Å². The van der Waals surface area contributed by atoms with Crippen LogP contribution in [0.1, 0.15) is 24.6 Å². The summed E-state index contributed by atoms with van der Waals surface area (Å²) >= 11 is 1.79. The van der Waals surface area contributed by atoms with Crippen LogP contribution in [0.25, 0.3) is 0 Å². The Kier molecular flexibility index (Phi) is 3.99. The van der Waals surface area contributed by atoms with Gasteiger partial charge in [-0.3, -0.25) is 10.1 Å². The van der Waals surface area contributed by atoms with E-state index < -0.39 is 5.54 Å². The van der Waals surface area contributed by atoms with Gasteiger partial charge in [0.25, 0.3) is 5.91 Å². The van der Waals surface area contributed by atoms with Crippen LogP contribution in [-0.2, 0) is 11.2 Å². The smallest absolute Gasteiger partial charge is 0.322 e. The molecule has 2 saturated heterocycles. The lowest BCUT2D eigenvalue weighted by Crippen LogP contribution is -2.55. The normalized spacial score (nSPS) is 30.2. The van der Waals surface area contributed by atoms with E-state index >= 15 is 0 Å². The Hall–Kier alpha value is -1.40. The van der Waals surface area contributed by atoms with Crippen LogP contribution in [0.3, 0.4) is 0 Å². The highest BCUT2D eigenvalue weighted by Crippen LogP contribution is 2.29. The lowest BCUT2D eigenvalue weighted by molar-refractivity contribution is -0.126. The van der Waals surface area contributed by atoms with E-state index in [0.717, 1.165) is 38.9 Å². The van der Waals surface area contributed by atoms with Crippen molar-refractivity contribution in [1.82, 2.24) is 15.5 Å². The van der Waals surface area contributed by atoms with Crippen molar-refractivity contribution in [2.45, 2.75) is 31.7 Å². The van der Waals surface area contributed by atoms with Gasteiger partial charge in [-0.1, -0.05) is 6.07 Å². The van der Waals surface area contributed by atoms with Crippen LogP contribution in [0.2, 0.25) is 0 Å². The molecule has 6 heteroatoms. The van der Waals surface area contributed by atoms with Crippen LogP contribution >= 0.6 is 11.3 Å². The Morgan fingerprint density at radius 3 is 3.00 bits per heavy atom. The third-order valence-corrected chi connectivity index (χ3v) is 5.58. The number of hydrogen-bond acceptors (Lipinski definition) is 4. The molecule has 0 aliphatic carbocycles. The predicted octanol–water partition coefficient (Wildman–Crippen LogP) is 1.60. The summed E-state index contributed by atoms with van der Waals surface area (Å²) in [6.07, 6.45) is 3.12. The van der Waals surface area contributed by atoms with E-state index in [4.69, 9.17) is 0 Å². The summed E-state index contributed by atoms with van der Waals surface area (Å²) in [6.45, 7) is 4.81. The minimum absolute atomic E-state index is 0.182. The van der Waals surface area contributed by atoms with Crippen molar-refractivity contribution in [2.24, 2.45) is 5.92 Å². The summed E-state index contributed by atoms with van der Waals surface area (Å²) in [4.78, 5) is 27.3. The third-order valence-electron chi connectivity index (χ3n) is 4.65. The molecule has 0 unspecified atom stereocenters. The standard InChI is InChI=1S/C15H21N3O2S/c1-15(13(19)16-14(20)17-15)11-4-2-7-18(10-11)8-6-12-5-3-9-21-12/h3,5,9,11H,2,4,6-8,10H2,1H3,(H2,16,17,19,20)/t11-,15+/m0/s1. The van der Waals surface area contributed by atoms with Crippen LogP contribution < -0.4 is 10.6 Å². The number of imide groups is 1. The first kappa shape index (κ1) is 14.5. The fourth-order valence-electron chi connectivity index (χ4n) is 3.30. The van der Waals surface area contributed by atoms with E-state index in [-0.39, 0.29) is 17.9 Å². The molecule has 1 aromatic heterocycles. The minimum atomic E-state index is -0.751. The monoisotopic (exact) mass is 307 g/mol. The maximum absolute atomic E-state index is 12.0. The molecule has 3 rings (SSSR count). The number of carbonyl (C=O) groups is 2. The molecular weight excluding hydrogens is 286 g/mol. The molecular formula is C15H21N3O2S. The maximum Gasteiger partial charge on any atom is 0.322 e. The number of thiophene rings is 1. The number of piperidine rings is 1. The van der Waals surface area contributed by atoms with Gasteiger partial charge in [-0.2, -0.15) is 0 Å². The van der Waals surface area contributed by atoms with Crippen molar-refractivity contribution in [3.8, 4) is 0 Å². The molecule has 1 aromatic rings. The number of rotatable bonds is 4. The van der Waals surface area contributed by atoms with E-state index in [1.54, 1.807) is 11.3 Å². The van der Waals surface area contributed by atoms with Crippen molar-refractivity contribution in [3.05, 3.63) is 22.4 Å². The zero-order valence-corrected chi connectivity index (χ0v) is 13.0. The maximum atomic E-state index is 12.0. The summed E-state index contributed by atoms with van der Waals surface area (Å²) in [5.74, 6) is -0.00126. The third kappa shape index (κ3) is 2.96. The number of urea groups is 1. The van der Waals surface area contributed by atoms with Gasteiger partial charge in [-0.05, 0) is 44.2 Å². The van der Waals surface area contributed by atoms with Gasteiger partial charge in [0.1, 0.15) is 5.54 Å². The lowest BCUT2D eigenvalue weighted by Gasteiger charge is -2.39. The number of nitrogens with one attached hydrogen (secondary N) is 2. The first-order valence-electron chi connectivity index (χ1n) is 7.46. The van der Waals surface area contributed by atoms with Gasteiger partial charge >= 0.3 is 6.03 Å². The Morgan fingerprint density at radius 2 is 2.33 bits per heavy atom. The molecule has 2 aliphatic heterocycles. The molecule has 3 heterocycles. The number of likely N-dealkylation sites (tertiary alicyclic amines) is 1. The van der Waals surface area contributed by atoms with Gasteiger partial charge < -0.3 is 10.2 Å². The molecule has 114 valence electrons. The number of hydrogen-bond donors (Lipinski definition) is 2. The average Bonchev–Trinajstić information content (AvgIpc) is 3.06. The quantitative estimate of drug-likeness (QED) is 0.831. The second-order valence-electron chi connectivity index (χ2n) is 6.08. The molecule has 2 atom stereocenters. The van der Waals surface area contributed by atoms with Crippen LogP contribution in [0.5, 0.6) is 0 Å².